The molecule has 0 bridgehead atoms. The van der Waals surface area contributed by atoms with Gasteiger partial charge in [-0.25, -0.2) is 4.79 Å². The third kappa shape index (κ3) is 3.24. The zero-order valence-corrected chi connectivity index (χ0v) is 9.69. The van der Waals surface area contributed by atoms with Crippen molar-refractivity contribution in [3.8, 4) is 5.75 Å². The number of carbonyl (C=O) groups excluding carboxylic acids is 1. The van der Waals surface area contributed by atoms with E-state index in [2.05, 4.69) is 4.74 Å². The van der Waals surface area contributed by atoms with Gasteiger partial charge in [-0.3, -0.25) is 0 Å². The fraction of sp³-hybridized carbons (Fsp3) is 0.417. The molecule has 0 saturated carbocycles. The molecule has 1 atom stereocenters. The minimum absolute atomic E-state index is 0.153. The highest BCUT2D eigenvalue weighted by Gasteiger charge is 2.11. The van der Waals surface area contributed by atoms with Gasteiger partial charge in [0.25, 0.3) is 0 Å². The van der Waals surface area contributed by atoms with Gasteiger partial charge in [-0.1, -0.05) is 12.1 Å². The molecule has 0 spiro atoms. The molecule has 1 unspecified atom stereocenters. The number of aryl methyl sites for hydroxylation is 1. The Hall–Kier alpha value is -1.55. The molecule has 16 heavy (non-hydrogen) atoms. The van der Waals surface area contributed by atoms with Crippen LogP contribution in [0.1, 0.15) is 24.2 Å². The fourth-order valence-corrected chi connectivity index (χ4v) is 1.31. The van der Waals surface area contributed by atoms with E-state index in [0.29, 0.717) is 11.3 Å². The van der Waals surface area contributed by atoms with Gasteiger partial charge in [-0.2, -0.15) is 0 Å². The van der Waals surface area contributed by atoms with Crippen LogP contribution in [0.5, 0.6) is 5.75 Å². The molecular formula is C12H16O4. The van der Waals surface area contributed by atoms with E-state index >= 15 is 0 Å². The molecule has 1 N–H and O–H groups in total. The molecule has 0 amide bonds. The summed E-state index contributed by atoms with van der Waals surface area (Å²) in [4.78, 5) is 10.9. The van der Waals surface area contributed by atoms with E-state index in [1.807, 2.05) is 13.0 Å². The van der Waals surface area contributed by atoms with Crippen molar-refractivity contribution >= 4 is 5.97 Å². The van der Waals surface area contributed by atoms with Gasteiger partial charge in [0.15, 0.2) is 6.61 Å². The minimum atomic E-state index is -0.631. The Kier molecular flexibility index (Phi) is 4.31. The van der Waals surface area contributed by atoms with E-state index in [0.717, 1.165) is 5.56 Å². The lowest BCUT2D eigenvalue weighted by Gasteiger charge is -2.13. The Morgan fingerprint density at radius 2 is 2.19 bits per heavy atom. The number of benzene rings is 1. The summed E-state index contributed by atoms with van der Waals surface area (Å²) in [5.41, 5.74) is 1.67. The number of aliphatic hydroxyl groups is 1. The maximum absolute atomic E-state index is 10.9. The Labute approximate surface area is 94.8 Å². The van der Waals surface area contributed by atoms with Gasteiger partial charge in [0.1, 0.15) is 5.75 Å². The predicted octanol–water partition coefficient (Wildman–Crippen LogP) is 1.60. The molecule has 0 saturated heterocycles. The molecule has 0 aliphatic carbocycles. The van der Waals surface area contributed by atoms with Crippen molar-refractivity contribution in [2.45, 2.75) is 20.0 Å². The summed E-state index contributed by atoms with van der Waals surface area (Å²) in [6, 6.07) is 5.45. The number of carbonyl (C=O) groups is 1. The van der Waals surface area contributed by atoms with Crippen LogP contribution in [-0.4, -0.2) is 24.8 Å². The second-order valence-electron chi connectivity index (χ2n) is 3.58. The topological polar surface area (TPSA) is 55.8 Å². The zero-order chi connectivity index (χ0) is 12.1. The Balaban J connectivity index is 2.84. The molecule has 88 valence electrons. The Bertz CT molecular complexity index is 371. The van der Waals surface area contributed by atoms with Crippen LogP contribution in [0, 0.1) is 6.92 Å². The molecule has 1 rings (SSSR count). The van der Waals surface area contributed by atoms with Gasteiger partial charge in [0, 0.05) is 5.56 Å². The predicted molar refractivity (Wildman–Crippen MR) is 59.3 cm³/mol. The second-order valence-corrected chi connectivity index (χ2v) is 3.58. The number of ether oxygens (including phenoxy) is 2. The maximum atomic E-state index is 10.9. The molecule has 0 fully saturated rings. The van der Waals surface area contributed by atoms with Gasteiger partial charge in [0.05, 0.1) is 13.2 Å². The van der Waals surface area contributed by atoms with Gasteiger partial charge >= 0.3 is 5.97 Å². The summed E-state index contributed by atoms with van der Waals surface area (Å²) < 4.78 is 9.77. The number of rotatable bonds is 4. The second kappa shape index (κ2) is 5.51. The van der Waals surface area contributed by atoms with Crippen molar-refractivity contribution in [1.82, 2.24) is 0 Å². The molecule has 0 heterocycles. The van der Waals surface area contributed by atoms with Crippen LogP contribution < -0.4 is 4.74 Å². The summed E-state index contributed by atoms with van der Waals surface area (Å²) >= 11 is 0. The van der Waals surface area contributed by atoms with E-state index < -0.39 is 12.1 Å². The van der Waals surface area contributed by atoms with Crippen LogP contribution in [0.4, 0.5) is 0 Å². The van der Waals surface area contributed by atoms with E-state index in [4.69, 9.17) is 4.74 Å². The largest absolute Gasteiger partial charge is 0.482 e. The minimum Gasteiger partial charge on any atom is -0.482 e. The first-order valence-corrected chi connectivity index (χ1v) is 5.03. The van der Waals surface area contributed by atoms with Crippen LogP contribution in [0.15, 0.2) is 18.2 Å². The Morgan fingerprint density at radius 1 is 1.50 bits per heavy atom. The molecule has 0 aromatic heterocycles. The lowest BCUT2D eigenvalue weighted by Crippen LogP contribution is -2.13. The van der Waals surface area contributed by atoms with Crippen LogP contribution in [-0.2, 0) is 9.53 Å². The lowest BCUT2D eigenvalue weighted by atomic mass is 10.1. The molecule has 0 aliphatic rings. The zero-order valence-electron chi connectivity index (χ0n) is 9.69. The quantitative estimate of drug-likeness (QED) is 0.789. The van der Waals surface area contributed by atoms with E-state index in [-0.39, 0.29) is 6.61 Å². The average Bonchev–Trinajstić information content (AvgIpc) is 2.25. The average molecular weight is 224 g/mol. The van der Waals surface area contributed by atoms with E-state index in [9.17, 15) is 9.90 Å². The van der Waals surface area contributed by atoms with Crippen molar-refractivity contribution < 1.29 is 19.4 Å². The van der Waals surface area contributed by atoms with Crippen molar-refractivity contribution in [2.75, 3.05) is 13.7 Å². The number of esters is 1. The molecule has 4 nitrogen and oxygen atoms in total. The molecule has 1 aromatic carbocycles. The lowest BCUT2D eigenvalue weighted by molar-refractivity contribution is -0.142. The van der Waals surface area contributed by atoms with E-state index in [1.54, 1.807) is 19.1 Å². The van der Waals surface area contributed by atoms with Gasteiger partial charge < -0.3 is 14.6 Å². The summed E-state index contributed by atoms with van der Waals surface area (Å²) in [6.45, 7) is 3.41. The molecule has 4 heteroatoms. The third-order valence-corrected chi connectivity index (χ3v) is 2.19. The van der Waals surface area contributed by atoms with Crippen LogP contribution in [0.2, 0.25) is 0 Å². The van der Waals surface area contributed by atoms with Crippen LogP contribution in [0.3, 0.4) is 0 Å². The SMILES string of the molecule is COC(=O)COc1cc(C)ccc1C(C)O. The number of aliphatic hydroxyl groups excluding tert-OH is 1. The number of hydrogen-bond acceptors (Lipinski definition) is 4. The third-order valence-electron chi connectivity index (χ3n) is 2.19. The Morgan fingerprint density at radius 3 is 2.75 bits per heavy atom. The van der Waals surface area contributed by atoms with E-state index in [1.165, 1.54) is 7.11 Å². The highest BCUT2D eigenvalue weighted by atomic mass is 16.6. The van der Waals surface area contributed by atoms with Gasteiger partial charge in [-0.05, 0) is 25.5 Å². The van der Waals surface area contributed by atoms with Crippen LogP contribution in [0.25, 0.3) is 0 Å². The summed E-state index contributed by atoms with van der Waals surface area (Å²) in [5, 5.41) is 9.52. The first kappa shape index (κ1) is 12.5. The monoisotopic (exact) mass is 224 g/mol. The normalized spacial score (nSPS) is 12.0. The molecule has 1 aromatic rings. The van der Waals surface area contributed by atoms with Crippen molar-refractivity contribution in [1.29, 1.82) is 0 Å². The fourth-order valence-electron chi connectivity index (χ4n) is 1.31. The first-order chi connectivity index (χ1) is 7.54. The highest BCUT2D eigenvalue weighted by molar-refractivity contribution is 5.70. The standard InChI is InChI=1S/C12H16O4/c1-8-4-5-10(9(2)13)11(6-8)16-7-12(14)15-3/h4-6,9,13H,7H2,1-3H3. The molecular weight excluding hydrogens is 208 g/mol. The summed E-state index contributed by atoms with van der Waals surface area (Å²) in [5.74, 6) is 0.0680. The smallest absolute Gasteiger partial charge is 0.343 e. The van der Waals surface area contributed by atoms with Crippen molar-refractivity contribution in [2.24, 2.45) is 0 Å². The molecule has 0 aliphatic heterocycles. The van der Waals surface area contributed by atoms with Gasteiger partial charge in [-0.15, -0.1) is 0 Å². The highest BCUT2D eigenvalue weighted by Crippen LogP contribution is 2.26. The van der Waals surface area contributed by atoms with Crippen molar-refractivity contribution in [3.05, 3.63) is 29.3 Å². The maximum Gasteiger partial charge on any atom is 0.343 e. The number of methoxy groups -OCH3 is 1. The van der Waals surface area contributed by atoms with Gasteiger partial charge in [0.2, 0.25) is 0 Å². The first-order valence-electron chi connectivity index (χ1n) is 5.03. The van der Waals surface area contributed by atoms with Crippen molar-refractivity contribution in [3.63, 3.8) is 0 Å². The summed E-state index contributed by atoms with van der Waals surface area (Å²) in [6.07, 6.45) is -0.631. The summed E-state index contributed by atoms with van der Waals surface area (Å²) in [7, 11) is 1.30. The number of hydrogen-bond donors (Lipinski definition) is 1. The molecule has 0 radical (unpaired) electrons. The van der Waals surface area contributed by atoms with Crippen LogP contribution >= 0.6 is 0 Å².